The number of hydrogen-bond donors (Lipinski definition) is 1. The number of aromatic amines is 1. The summed E-state index contributed by atoms with van der Waals surface area (Å²) in [5.41, 5.74) is -0.712. The molecule has 1 aromatic heterocycles. The molecule has 1 aromatic rings. The molecule has 8 nitrogen and oxygen atoms in total. The lowest BCUT2D eigenvalue weighted by Crippen LogP contribution is -2.35. The first-order valence-corrected chi connectivity index (χ1v) is 12.6. The molecule has 1 unspecified atom stereocenters. The van der Waals surface area contributed by atoms with Gasteiger partial charge >= 0.3 is 5.69 Å². The van der Waals surface area contributed by atoms with Crippen molar-refractivity contribution < 1.29 is 13.8 Å². The summed E-state index contributed by atoms with van der Waals surface area (Å²) in [6.07, 6.45) is 4.90. The van der Waals surface area contributed by atoms with Gasteiger partial charge in [-0.2, -0.15) is 0 Å². The Bertz CT molecular complexity index is 893. The molecule has 0 radical (unpaired) electrons. The van der Waals surface area contributed by atoms with Crippen LogP contribution in [0.25, 0.3) is 0 Å². The topological polar surface area (TPSA) is 85.8 Å². The normalized spacial score (nSPS) is 21.9. The van der Waals surface area contributed by atoms with Gasteiger partial charge < -0.3 is 13.8 Å². The van der Waals surface area contributed by atoms with Crippen LogP contribution in [0.5, 0.6) is 0 Å². The van der Waals surface area contributed by atoms with E-state index in [1.807, 2.05) is 6.92 Å². The van der Waals surface area contributed by atoms with Crippen molar-refractivity contribution >= 4 is 8.53 Å². The number of H-pyrrole nitrogens is 1. The minimum Gasteiger partial charge on any atom is -0.352 e. The standard InChI is InChI=1S/C23H38N3O5P/c1-8-9-10-11-12-13-19-15-25(23(28)24-22(19)27)21-14-20(18(6)30-21)31-32(29-7)26(16(2)3)17(4)5/h15-18,20-21H,8-11,14H2,1-7H3,(H,24,27,28)/t18-,20-,21-,32?/m1/s1. The van der Waals surface area contributed by atoms with Crippen molar-refractivity contribution in [2.75, 3.05) is 7.11 Å². The first kappa shape index (κ1) is 26.8. The Kier molecular flexibility index (Phi) is 10.6. The van der Waals surface area contributed by atoms with Gasteiger partial charge in [-0.3, -0.25) is 14.3 Å². The van der Waals surface area contributed by atoms with E-state index in [0.717, 1.165) is 25.7 Å². The summed E-state index contributed by atoms with van der Waals surface area (Å²) in [6, 6.07) is 0.518. The van der Waals surface area contributed by atoms with Crippen LogP contribution in [0.4, 0.5) is 0 Å². The van der Waals surface area contributed by atoms with Gasteiger partial charge in [0.05, 0.1) is 12.2 Å². The molecule has 9 heteroatoms. The highest BCUT2D eigenvalue weighted by atomic mass is 31.2. The lowest BCUT2D eigenvalue weighted by Gasteiger charge is -2.36. The van der Waals surface area contributed by atoms with E-state index >= 15 is 0 Å². The van der Waals surface area contributed by atoms with Crippen LogP contribution in [-0.2, 0) is 13.8 Å². The molecule has 0 spiro atoms. The predicted molar refractivity (Wildman–Crippen MR) is 127 cm³/mol. The van der Waals surface area contributed by atoms with Crippen LogP contribution >= 0.6 is 8.53 Å². The van der Waals surface area contributed by atoms with Gasteiger partial charge in [0.1, 0.15) is 11.8 Å². The van der Waals surface area contributed by atoms with E-state index < -0.39 is 26.0 Å². The molecule has 0 amide bonds. The summed E-state index contributed by atoms with van der Waals surface area (Å²) in [5, 5.41) is 0. The summed E-state index contributed by atoms with van der Waals surface area (Å²) in [6.45, 7) is 12.5. The fraction of sp³-hybridized carbons (Fsp3) is 0.739. The van der Waals surface area contributed by atoms with Crippen LogP contribution in [0.3, 0.4) is 0 Å². The molecular formula is C23H38N3O5P. The Labute approximate surface area is 192 Å². The monoisotopic (exact) mass is 467 g/mol. The molecule has 1 saturated heterocycles. The van der Waals surface area contributed by atoms with Crippen LogP contribution in [0.1, 0.15) is 85.4 Å². The number of nitrogens with one attached hydrogen (secondary N) is 1. The third kappa shape index (κ3) is 7.00. The number of aromatic nitrogens is 2. The van der Waals surface area contributed by atoms with E-state index in [4.69, 9.17) is 13.8 Å². The Balaban J connectivity index is 2.17. The van der Waals surface area contributed by atoms with Gasteiger partial charge in [-0.25, -0.2) is 9.46 Å². The highest BCUT2D eigenvalue weighted by Gasteiger charge is 2.39. The zero-order valence-corrected chi connectivity index (χ0v) is 21.3. The summed E-state index contributed by atoms with van der Waals surface area (Å²) in [4.78, 5) is 27.0. The van der Waals surface area contributed by atoms with Crippen LogP contribution in [-0.4, -0.2) is 45.6 Å². The van der Waals surface area contributed by atoms with Gasteiger partial charge in [0.25, 0.3) is 14.1 Å². The quantitative estimate of drug-likeness (QED) is 0.316. The zero-order valence-electron chi connectivity index (χ0n) is 20.4. The fourth-order valence-electron chi connectivity index (χ4n) is 3.78. The maximum Gasteiger partial charge on any atom is 0.330 e. The maximum atomic E-state index is 12.5. The van der Waals surface area contributed by atoms with Crippen molar-refractivity contribution in [3.05, 3.63) is 32.6 Å². The third-order valence-corrected chi connectivity index (χ3v) is 7.43. The summed E-state index contributed by atoms with van der Waals surface area (Å²) >= 11 is 0. The van der Waals surface area contributed by atoms with Gasteiger partial charge in [0, 0.05) is 38.2 Å². The lowest BCUT2D eigenvalue weighted by molar-refractivity contribution is -0.00837. The summed E-state index contributed by atoms with van der Waals surface area (Å²) < 4.78 is 21.7. The number of unbranched alkanes of at least 4 members (excludes halogenated alkanes) is 3. The molecule has 0 saturated carbocycles. The van der Waals surface area contributed by atoms with E-state index in [0.29, 0.717) is 6.42 Å². The van der Waals surface area contributed by atoms with Crippen LogP contribution in [0.2, 0.25) is 0 Å². The van der Waals surface area contributed by atoms with Crippen LogP contribution in [0, 0.1) is 11.8 Å². The molecule has 1 N–H and O–H groups in total. The minimum atomic E-state index is -1.27. The zero-order chi connectivity index (χ0) is 23.8. The second kappa shape index (κ2) is 12.7. The summed E-state index contributed by atoms with van der Waals surface area (Å²) in [7, 11) is 0.379. The third-order valence-electron chi connectivity index (χ3n) is 5.36. The Morgan fingerprint density at radius 2 is 1.97 bits per heavy atom. The Hall–Kier alpha value is -1.49. The number of ether oxygens (including phenoxy) is 1. The van der Waals surface area contributed by atoms with E-state index in [9.17, 15) is 9.59 Å². The SMILES string of the molecule is CCCCCC#Cc1cn([C@H]2C[C@@H](OP(OC)N(C(C)C)C(C)C)[C@@H](C)O2)c(=O)[nH]c1=O. The molecule has 32 heavy (non-hydrogen) atoms. The second-order valence-corrected chi connectivity index (χ2v) is 10.1. The van der Waals surface area contributed by atoms with Crippen molar-refractivity contribution in [3.8, 4) is 11.8 Å². The minimum absolute atomic E-state index is 0.233. The molecule has 0 aliphatic carbocycles. The van der Waals surface area contributed by atoms with Crippen molar-refractivity contribution in [1.82, 2.24) is 14.2 Å². The smallest absolute Gasteiger partial charge is 0.330 e. The van der Waals surface area contributed by atoms with Crippen molar-refractivity contribution in [3.63, 3.8) is 0 Å². The van der Waals surface area contributed by atoms with Gasteiger partial charge in [0.15, 0.2) is 0 Å². The van der Waals surface area contributed by atoms with Crippen molar-refractivity contribution in [2.24, 2.45) is 0 Å². The largest absolute Gasteiger partial charge is 0.352 e. The first-order valence-electron chi connectivity index (χ1n) is 11.5. The molecule has 0 bridgehead atoms. The van der Waals surface area contributed by atoms with Gasteiger partial charge in [-0.15, -0.1) is 0 Å². The molecule has 4 atom stereocenters. The van der Waals surface area contributed by atoms with E-state index in [2.05, 4.69) is 56.1 Å². The maximum absolute atomic E-state index is 12.5. The molecule has 180 valence electrons. The molecule has 2 heterocycles. The molecule has 1 fully saturated rings. The Morgan fingerprint density at radius 3 is 2.56 bits per heavy atom. The van der Waals surface area contributed by atoms with Gasteiger partial charge in [0.2, 0.25) is 0 Å². The first-order chi connectivity index (χ1) is 15.2. The molecule has 0 aromatic carbocycles. The van der Waals surface area contributed by atoms with Crippen molar-refractivity contribution in [1.29, 1.82) is 0 Å². The molecular weight excluding hydrogens is 429 g/mol. The average Bonchev–Trinajstić information content (AvgIpc) is 3.08. The highest BCUT2D eigenvalue weighted by Crippen LogP contribution is 2.49. The summed E-state index contributed by atoms with van der Waals surface area (Å²) in [5.74, 6) is 5.93. The van der Waals surface area contributed by atoms with Crippen LogP contribution in [0.15, 0.2) is 15.8 Å². The number of nitrogens with zero attached hydrogens (tertiary/aromatic N) is 2. The molecule has 1 aliphatic rings. The molecule has 1 aliphatic heterocycles. The lowest BCUT2D eigenvalue weighted by atomic mass is 10.2. The second-order valence-electron chi connectivity index (χ2n) is 8.63. The molecule has 2 rings (SSSR count). The van der Waals surface area contributed by atoms with Crippen molar-refractivity contribution in [2.45, 2.75) is 104 Å². The highest BCUT2D eigenvalue weighted by molar-refractivity contribution is 7.44. The van der Waals surface area contributed by atoms with E-state index in [-0.39, 0.29) is 29.9 Å². The van der Waals surface area contributed by atoms with E-state index in [1.165, 1.54) is 10.8 Å². The average molecular weight is 468 g/mol. The number of rotatable bonds is 10. The van der Waals surface area contributed by atoms with Gasteiger partial charge in [-0.05, 0) is 41.0 Å². The Morgan fingerprint density at radius 1 is 1.28 bits per heavy atom. The van der Waals surface area contributed by atoms with Gasteiger partial charge in [-0.1, -0.05) is 31.6 Å². The predicted octanol–water partition coefficient (Wildman–Crippen LogP) is 4.15. The van der Waals surface area contributed by atoms with Crippen LogP contribution < -0.4 is 11.2 Å². The number of hydrogen-bond acceptors (Lipinski definition) is 6. The fourth-order valence-corrected chi connectivity index (χ4v) is 5.41. The van der Waals surface area contributed by atoms with E-state index in [1.54, 1.807) is 7.11 Å².